The summed E-state index contributed by atoms with van der Waals surface area (Å²) in [5.41, 5.74) is 2.24. The molecule has 0 spiro atoms. The Morgan fingerprint density at radius 3 is 2.79 bits per heavy atom. The van der Waals surface area contributed by atoms with E-state index in [1.54, 1.807) is 4.90 Å². The van der Waals surface area contributed by atoms with Gasteiger partial charge in [0.2, 0.25) is 5.91 Å². The maximum Gasteiger partial charge on any atom is 0.219 e. The van der Waals surface area contributed by atoms with Gasteiger partial charge in [-0.2, -0.15) is 5.26 Å². The third-order valence-electron chi connectivity index (χ3n) is 4.49. The number of nitriles is 1. The lowest BCUT2D eigenvalue weighted by Crippen LogP contribution is -2.36. The first kappa shape index (κ1) is 16.2. The largest absolute Gasteiger partial charge is 0.389 e. The summed E-state index contributed by atoms with van der Waals surface area (Å²) in [4.78, 5) is 19.8. The summed E-state index contributed by atoms with van der Waals surface area (Å²) in [7, 11) is 0. The second kappa shape index (κ2) is 6.46. The second-order valence-corrected chi connectivity index (χ2v) is 6.13. The van der Waals surface area contributed by atoms with E-state index >= 15 is 0 Å². The monoisotopic (exact) mass is 324 g/mol. The zero-order valence-electron chi connectivity index (χ0n) is 13.9. The van der Waals surface area contributed by atoms with Gasteiger partial charge in [0.05, 0.1) is 17.2 Å². The average Bonchev–Trinajstić information content (AvgIpc) is 2.76. The minimum absolute atomic E-state index is 0.0564. The number of hydrogen-bond acceptors (Lipinski definition) is 5. The lowest BCUT2D eigenvalue weighted by molar-refractivity contribution is -0.129. The summed E-state index contributed by atoms with van der Waals surface area (Å²) >= 11 is 0. The molecule has 1 aromatic carbocycles. The molecule has 2 heterocycles. The van der Waals surface area contributed by atoms with Crippen LogP contribution in [-0.2, 0) is 4.79 Å². The molecule has 0 saturated carbocycles. The highest BCUT2D eigenvalue weighted by Gasteiger charge is 2.26. The zero-order chi connectivity index (χ0) is 17.3. The molecule has 124 valence electrons. The van der Waals surface area contributed by atoms with Gasteiger partial charge in [0.1, 0.15) is 11.9 Å². The maximum absolute atomic E-state index is 11.6. The van der Waals surface area contributed by atoms with Crippen LogP contribution in [0.25, 0.3) is 10.9 Å². The molecule has 1 aromatic heterocycles. The van der Waals surface area contributed by atoms with Crippen LogP contribution in [0.1, 0.15) is 18.1 Å². The molecule has 1 unspecified atom stereocenters. The molecular formula is C18H20N4O2. The van der Waals surface area contributed by atoms with Gasteiger partial charge in [-0.25, -0.2) is 4.98 Å². The van der Waals surface area contributed by atoms with Crippen molar-refractivity contribution >= 4 is 22.6 Å². The van der Waals surface area contributed by atoms with Crippen LogP contribution in [0.3, 0.4) is 0 Å². The molecule has 1 atom stereocenters. The number of aliphatic hydroxyl groups excluding tert-OH is 1. The fourth-order valence-corrected chi connectivity index (χ4v) is 3.19. The van der Waals surface area contributed by atoms with E-state index in [1.807, 2.05) is 36.1 Å². The number of anilines is 1. The number of aliphatic hydroxyl groups is 1. The van der Waals surface area contributed by atoms with Crippen LogP contribution in [0.5, 0.6) is 0 Å². The van der Waals surface area contributed by atoms with Crippen LogP contribution in [0.2, 0.25) is 0 Å². The predicted molar refractivity (Wildman–Crippen MR) is 91.7 cm³/mol. The third-order valence-corrected chi connectivity index (χ3v) is 4.49. The standard InChI is InChI=1S/C18H20N4O2/c1-12-15-5-3-4-6-17(15)20-18(16(12)9-19)22-8-7-21(13(2)23)10-14(24)11-22/h3-6,14,24H,7-8,10-11H2,1-2H3. The Labute approximate surface area is 140 Å². The molecule has 1 N–H and O–H groups in total. The first-order chi connectivity index (χ1) is 11.5. The predicted octanol–water partition coefficient (Wildman–Crippen LogP) is 1.44. The number of para-hydroxylation sites is 1. The average molecular weight is 324 g/mol. The van der Waals surface area contributed by atoms with E-state index in [1.165, 1.54) is 6.92 Å². The van der Waals surface area contributed by atoms with E-state index in [9.17, 15) is 15.2 Å². The molecule has 6 nitrogen and oxygen atoms in total. The molecule has 1 aliphatic rings. The molecule has 0 bridgehead atoms. The number of pyridine rings is 1. The number of nitrogens with zero attached hydrogens (tertiary/aromatic N) is 4. The smallest absolute Gasteiger partial charge is 0.219 e. The van der Waals surface area contributed by atoms with E-state index in [0.717, 1.165) is 16.5 Å². The van der Waals surface area contributed by atoms with Crippen LogP contribution in [0.4, 0.5) is 5.82 Å². The van der Waals surface area contributed by atoms with E-state index in [2.05, 4.69) is 11.1 Å². The van der Waals surface area contributed by atoms with Gasteiger partial charge in [0.25, 0.3) is 0 Å². The fraction of sp³-hybridized carbons (Fsp3) is 0.389. The second-order valence-electron chi connectivity index (χ2n) is 6.13. The summed E-state index contributed by atoms with van der Waals surface area (Å²) in [6.07, 6.45) is -0.670. The van der Waals surface area contributed by atoms with Crippen LogP contribution >= 0.6 is 0 Å². The zero-order valence-corrected chi connectivity index (χ0v) is 13.9. The molecule has 0 aliphatic carbocycles. The molecule has 3 rings (SSSR count). The van der Waals surface area contributed by atoms with Crippen molar-refractivity contribution in [2.24, 2.45) is 0 Å². The van der Waals surface area contributed by atoms with Gasteiger partial charge < -0.3 is 14.9 Å². The SMILES string of the molecule is CC(=O)N1CCN(c2nc3ccccc3c(C)c2C#N)CC(O)C1. The van der Waals surface area contributed by atoms with Gasteiger partial charge in [-0.15, -0.1) is 0 Å². The van der Waals surface area contributed by atoms with Crippen LogP contribution in [0.15, 0.2) is 24.3 Å². The summed E-state index contributed by atoms with van der Waals surface area (Å²) in [5, 5.41) is 20.8. The van der Waals surface area contributed by atoms with Crippen molar-refractivity contribution in [1.82, 2.24) is 9.88 Å². The minimum Gasteiger partial charge on any atom is -0.389 e. The molecule has 1 aliphatic heterocycles. The van der Waals surface area contributed by atoms with Gasteiger partial charge in [-0.3, -0.25) is 4.79 Å². The van der Waals surface area contributed by atoms with Crippen molar-refractivity contribution in [3.63, 3.8) is 0 Å². The Kier molecular flexibility index (Phi) is 4.36. The number of carbonyl (C=O) groups excluding carboxylic acids is 1. The molecule has 2 aromatic rings. The Morgan fingerprint density at radius 2 is 2.08 bits per heavy atom. The van der Waals surface area contributed by atoms with Crippen LogP contribution in [-0.4, -0.2) is 53.2 Å². The highest BCUT2D eigenvalue weighted by atomic mass is 16.3. The van der Waals surface area contributed by atoms with Crippen LogP contribution in [0, 0.1) is 18.3 Å². The number of β-amino-alcohol motifs (C(OH)–C–C–N with tert-alkyl or cyclic N) is 1. The molecular weight excluding hydrogens is 304 g/mol. The topological polar surface area (TPSA) is 80.5 Å². The first-order valence-electron chi connectivity index (χ1n) is 7.99. The number of carbonyl (C=O) groups is 1. The summed E-state index contributed by atoms with van der Waals surface area (Å²) < 4.78 is 0. The van der Waals surface area contributed by atoms with Gasteiger partial charge in [-0.1, -0.05) is 18.2 Å². The number of aryl methyl sites for hydroxylation is 1. The summed E-state index contributed by atoms with van der Waals surface area (Å²) in [6, 6.07) is 9.98. The summed E-state index contributed by atoms with van der Waals surface area (Å²) in [6.45, 7) is 5.12. The van der Waals surface area contributed by atoms with Crippen molar-refractivity contribution < 1.29 is 9.90 Å². The number of fused-ring (bicyclic) bond motifs is 1. The van der Waals surface area contributed by atoms with Crippen molar-refractivity contribution in [1.29, 1.82) is 5.26 Å². The molecule has 6 heteroatoms. The number of aromatic nitrogens is 1. The normalized spacial score (nSPS) is 18.3. The Hall–Kier alpha value is -2.65. The van der Waals surface area contributed by atoms with E-state index in [4.69, 9.17) is 0 Å². The quantitative estimate of drug-likeness (QED) is 0.858. The molecule has 0 radical (unpaired) electrons. The van der Waals surface area contributed by atoms with E-state index < -0.39 is 6.10 Å². The van der Waals surface area contributed by atoms with Gasteiger partial charge in [0.15, 0.2) is 0 Å². The lowest BCUT2D eigenvalue weighted by atomic mass is 10.0. The third kappa shape index (κ3) is 2.91. The number of benzene rings is 1. The first-order valence-corrected chi connectivity index (χ1v) is 7.99. The van der Waals surface area contributed by atoms with Crippen molar-refractivity contribution in [2.45, 2.75) is 20.0 Å². The highest BCUT2D eigenvalue weighted by Crippen LogP contribution is 2.28. The molecule has 24 heavy (non-hydrogen) atoms. The van der Waals surface area contributed by atoms with Crippen molar-refractivity contribution in [2.75, 3.05) is 31.1 Å². The van der Waals surface area contributed by atoms with Gasteiger partial charge in [0, 0.05) is 38.5 Å². The number of hydrogen-bond donors (Lipinski definition) is 1. The van der Waals surface area contributed by atoms with Crippen molar-refractivity contribution in [3.05, 3.63) is 35.4 Å². The van der Waals surface area contributed by atoms with Crippen LogP contribution < -0.4 is 4.90 Å². The van der Waals surface area contributed by atoms with E-state index in [0.29, 0.717) is 37.6 Å². The maximum atomic E-state index is 11.6. The molecule has 1 amide bonds. The van der Waals surface area contributed by atoms with Gasteiger partial charge >= 0.3 is 0 Å². The van der Waals surface area contributed by atoms with E-state index in [-0.39, 0.29) is 5.91 Å². The minimum atomic E-state index is -0.670. The highest BCUT2D eigenvalue weighted by molar-refractivity contribution is 5.87. The Bertz CT molecular complexity index is 828. The Morgan fingerprint density at radius 1 is 1.33 bits per heavy atom. The molecule has 1 fully saturated rings. The summed E-state index contributed by atoms with van der Waals surface area (Å²) in [5.74, 6) is 0.525. The number of amides is 1. The lowest BCUT2D eigenvalue weighted by Gasteiger charge is -2.25. The van der Waals surface area contributed by atoms with Crippen molar-refractivity contribution in [3.8, 4) is 6.07 Å². The molecule has 1 saturated heterocycles. The fourth-order valence-electron chi connectivity index (χ4n) is 3.19. The number of rotatable bonds is 1. The Balaban J connectivity index is 2.05. The van der Waals surface area contributed by atoms with Gasteiger partial charge in [-0.05, 0) is 18.6 Å².